The first-order chi connectivity index (χ1) is 5.93. The predicted molar refractivity (Wildman–Crippen MR) is 55.3 cm³/mol. The summed E-state index contributed by atoms with van der Waals surface area (Å²) in [6, 6.07) is 0.374. The molecule has 0 spiro atoms. The highest BCUT2D eigenvalue weighted by Gasteiger charge is 2.05. The highest BCUT2D eigenvalue weighted by molar-refractivity contribution is 5.72. The highest BCUT2D eigenvalue weighted by Crippen LogP contribution is 1.96. The van der Waals surface area contributed by atoms with Gasteiger partial charge in [-0.3, -0.25) is 4.79 Å². The van der Waals surface area contributed by atoms with Crippen molar-refractivity contribution in [1.82, 2.24) is 10.2 Å². The van der Waals surface area contributed by atoms with Gasteiger partial charge >= 0.3 is 0 Å². The maximum absolute atomic E-state index is 10.9. The van der Waals surface area contributed by atoms with Crippen LogP contribution in [0.3, 0.4) is 0 Å². The second kappa shape index (κ2) is 5.62. The van der Waals surface area contributed by atoms with E-state index in [1.165, 1.54) is 0 Å². The molecule has 3 heteroatoms. The summed E-state index contributed by atoms with van der Waals surface area (Å²) in [7, 11) is 1.82. The van der Waals surface area contributed by atoms with Gasteiger partial charge < -0.3 is 10.2 Å². The smallest absolute Gasteiger partial charge is 0.219 e. The summed E-state index contributed by atoms with van der Waals surface area (Å²) in [6.45, 7) is 10.2. The van der Waals surface area contributed by atoms with Crippen molar-refractivity contribution in [2.24, 2.45) is 0 Å². The van der Waals surface area contributed by atoms with Crippen molar-refractivity contribution in [3.8, 4) is 0 Å². The van der Waals surface area contributed by atoms with Crippen molar-refractivity contribution in [2.45, 2.75) is 33.2 Å². The van der Waals surface area contributed by atoms with Gasteiger partial charge in [0.1, 0.15) is 0 Å². The van der Waals surface area contributed by atoms with Gasteiger partial charge in [0.25, 0.3) is 0 Å². The Bertz CT molecular complexity index is 189. The molecule has 76 valence electrons. The highest BCUT2D eigenvalue weighted by atomic mass is 16.2. The number of carbonyl (C=O) groups excluding carboxylic acids is 1. The first-order valence-electron chi connectivity index (χ1n) is 4.57. The van der Waals surface area contributed by atoms with E-state index in [9.17, 15) is 4.79 Å². The zero-order chi connectivity index (χ0) is 10.4. The van der Waals surface area contributed by atoms with Crippen LogP contribution in [0, 0.1) is 0 Å². The van der Waals surface area contributed by atoms with E-state index in [1.807, 2.05) is 14.0 Å². The van der Waals surface area contributed by atoms with Gasteiger partial charge in [-0.15, -0.1) is 0 Å². The van der Waals surface area contributed by atoms with E-state index in [1.54, 1.807) is 11.8 Å². The molecule has 0 heterocycles. The van der Waals surface area contributed by atoms with Crippen molar-refractivity contribution in [3.63, 3.8) is 0 Å². The molecule has 0 saturated heterocycles. The van der Waals surface area contributed by atoms with Gasteiger partial charge in [-0.05, 0) is 20.3 Å². The van der Waals surface area contributed by atoms with Crippen LogP contribution in [0.4, 0.5) is 0 Å². The minimum Gasteiger partial charge on any atom is -0.387 e. The lowest BCUT2D eigenvalue weighted by atomic mass is 10.2. The van der Waals surface area contributed by atoms with Crippen molar-refractivity contribution in [1.29, 1.82) is 0 Å². The van der Waals surface area contributed by atoms with Crippen molar-refractivity contribution in [2.75, 3.05) is 13.6 Å². The van der Waals surface area contributed by atoms with E-state index in [2.05, 4.69) is 18.8 Å². The number of amides is 1. The van der Waals surface area contributed by atoms with Crippen LogP contribution in [-0.4, -0.2) is 30.4 Å². The van der Waals surface area contributed by atoms with Crippen LogP contribution in [-0.2, 0) is 4.79 Å². The number of allylic oxidation sites excluding steroid dienone is 1. The Hall–Kier alpha value is -0.990. The van der Waals surface area contributed by atoms with Crippen LogP contribution in [0.25, 0.3) is 0 Å². The molecule has 0 saturated carbocycles. The van der Waals surface area contributed by atoms with Crippen LogP contribution in [0.15, 0.2) is 12.3 Å². The second-order valence-corrected chi connectivity index (χ2v) is 3.55. The Labute approximate surface area is 80.8 Å². The average Bonchev–Trinajstić information content (AvgIpc) is 1.98. The number of carbonyl (C=O) groups is 1. The van der Waals surface area contributed by atoms with Gasteiger partial charge in [-0.2, -0.15) is 0 Å². The Morgan fingerprint density at radius 2 is 2.08 bits per heavy atom. The third kappa shape index (κ3) is 6.20. The molecule has 1 atom stereocenters. The minimum atomic E-state index is 0.113. The van der Waals surface area contributed by atoms with E-state index in [0.29, 0.717) is 6.04 Å². The van der Waals surface area contributed by atoms with E-state index >= 15 is 0 Å². The summed E-state index contributed by atoms with van der Waals surface area (Å²) in [5.74, 6) is 0.113. The molecule has 1 amide bonds. The fraction of sp³-hybridized carbons (Fsp3) is 0.700. The monoisotopic (exact) mass is 184 g/mol. The summed E-state index contributed by atoms with van der Waals surface area (Å²) in [4.78, 5) is 12.6. The second-order valence-electron chi connectivity index (χ2n) is 3.55. The van der Waals surface area contributed by atoms with Crippen molar-refractivity contribution >= 4 is 5.91 Å². The van der Waals surface area contributed by atoms with Crippen molar-refractivity contribution < 1.29 is 4.79 Å². The number of rotatable bonds is 5. The van der Waals surface area contributed by atoms with Gasteiger partial charge in [0.15, 0.2) is 0 Å². The summed E-state index contributed by atoms with van der Waals surface area (Å²) >= 11 is 0. The summed E-state index contributed by atoms with van der Waals surface area (Å²) in [5, 5.41) is 3.20. The average molecular weight is 184 g/mol. The maximum atomic E-state index is 10.9. The van der Waals surface area contributed by atoms with Gasteiger partial charge in [-0.25, -0.2) is 0 Å². The molecule has 3 nitrogen and oxygen atoms in total. The van der Waals surface area contributed by atoms with E-state index in [4.69, 9.17) is 0 Å². The standard InChI is InChI=1S/C10H20N2O/c1-8(2)11-9(3)6-7-12(5)10(4)13/h9,11H,1,6-7H2,2-5H3. The molecule has 0 aliphatic carbocycles. The zero-order valence-corrected chi connectivity index (χ0v) is 9.05. The van der Waals surface area contributed by atoms with Crippen LogP contribution < -0.4 is 5.32 Å². The number of hydrogen-bond acceptors (Lipinski definition) is 2. The van der Waals surface area contributed by atoms with Crippen LogP contribution in [0.2, 0.25) is 0 Å². The van der Waals surface area contributed by atoms with Gasteiger partial charge in [0.05, 0.1) is 0 Å². The van der Waals surface area contributed by atoms with Crippen LogP contribution >= 0.6 is 0 Å². The Kier molecular flexibility index (Phi) is 5.19. The summed E-state index contributed by atoms with van der Waals surface area (Å²) < 4.78 is 0. The topological polar surface area (TPSA) is 32.3 Å². The first-order valence-corrected chi connectivity index (χ1v) is 4.57. The number of nitrogens with zero attached hydrogens (tertiary/aromatic N) is 1. The molecular weight excluding hydrogens is 164 g/mol. The molecule has 0 aliphatic heterocycles. The normalized spacial score (nSPS) is 12.0. The van der Waals surface area contributed by atoms with Gasteiger partial charge in [0, 0.05) is 32.3 Å². The third-order valence-corrected chi connectivity index (χ3v) is 1.93. The lowest BCUT2D eigenvalue weighted by Crippen LogP contribution is -2.31. The molecule has 0 aliphatic rings. The Morgan fingerprint density at radius 1 is 1.54 bits per heavy atom. The lowest BCUT2D eigenvalue weighted by Gasteiger charge is -2.19. The van der Waals surface area contributed by atoms with Crippen LogP contribution in [0.1, 0.15) is 27.2 Å². The van der Waals surface area contributed by atoms with Gasteiger partial charge in [0.2, 0.25) is 5.91 Å². The minimum absolute atomic E-state index is 0.113. The SMILES string of the molecule is C=C(C)NC(C)CCN(C)C(C)=O. The molecule has 1 unspecified atom stereocenters. The quantitative estimate of drug-likeness (QED) is 0.700. The third-order valence-electron chi connectivity index (χ3n) is 1.93. The Morgan fingerprint density at radius 3 is 2.46 bits per heavy atom. The first kappa shape index (κ1) is 12.0. The van der Waals surface area contributed by atoms with E-state index in [0.717, 1.165) is 18.7 Å². The molecule has 0 fully saturated rings. The summed E-state index contributed by atoms with van der Waals surface area (Å²) in [5.41, 5.74) is 0.970. The molecule has 1 N–H and O–H groups in total. The fourth-order valence-corrected chi connectivity index (χ4v) is 1.04. The largest absolute Gasteiger partial charge is 0.387 e. The van der Waals surface area contributed by atoms with Gasteiger partial charge in [-0.1, -0.05) is 6.58 Å². The fourth-order valence-electron chi connectivity index (χ4n) is 1.04. The molecule has 13 heavy (non-hydrogen) atoms. The summed E-state index contributed by atoms with van der Waals surface area (Å²) in [6.07, 6.45) is 0.947. The molecular formula is C10H20N2O. The predicted octanol–water partition coefficient (Wildman–Crippen LogP) is 1.37. The molecule has 0 aromatic heterocycles. The number of nitrogens with one attached hydrogen (secondary N) is 1. The molecule has 0 aromatic rings. The lowest BCUT2D eigenvalue weighted by molar-refractivity contribution is -0.127. The van der Waals surface area contributed by atoms with Crippen molar-refractivity contribution in [3.05, 3.63) is 12.3 Å². The molecule has 0 radical (unpaired) electrons. The zero-order valence-electron chi connectivity index (χ0n) is 9.05. The molecule has 0 rings (SSSR count). The maximum Gasteiger partial charge on any atom is 0.219 e. The van der Waals surface area contributed by atoms with E-state index in [-0.39, 0.29) is 5.91 Å². The molecule has 0 bridgehead atoms. The molecule has 0 aromatic carbocycles. The van der Waals surface area contributed by atoms with Crippen LogP contribution in [0.5, 0.6) is 0 Å². The number of hydrogen-bond donors (Lipinski definition) is 1. The van der Waals surface area contributed by atoms with E-state index < -0.39 is 0 Å². The Balaban J connectivity index is 3.63.